The Bertz CT molecular complexity index is 983. The van der Waals surface area contributed by atoms with Crippen molar-refractivity contribution in [3.05, 3.63) is 63.8 Å². The fourth-order valence-corrected chi connectivity index (χ4v) is 3.83. The number of nitrogens with one attached hydrogen (secondary N) is 2. The Morgan fingerprint density at radius 2 is 2.15 bits per heavy atom. The van der Waals surface area contributed by atoms with Gasteiger partial charge in [-0.15, -0.1) is 11.3 Å². The van der Waals surface area contributed by atoms with Crippen LogP contribution in [0.25, 0.3) is 0 Å². The van der Waals surface area contributed by atoms with Crippen LogP contribution in [0.3, 0.4) is 0 Å². The molecule has 2 heterocycles. The number of halogens is 1. The number of aromatic nitrogens is 2. The van der Waals surface area contributed by atoms with E-state index in [1.807, 2.05) is 37.4 Å². The van der Waals surface area contributed by atoms with E-state index in [4.69, 9.17) is 28.6 Å². The molecule has 2 aromatic heterocycles. The number of rotatable bonds is 5. The molecule has 3 aromatic rings. The Hall–Kier alpha value is -2.42. The zero-order valence-corrected chi connectivity index (χ0v) is 17.0. The number of hydrogen-bond donors (Lipinski definition) is 2. The highest BCUT2D eigenvalue weighted by Crippen LogP contribution is 2.28. The third kappa shape index (κ3) is 4.85. The lowest BCUT2D eigenvalue weighted by atomic mass is 10.2. The van der Waals surface area contributed by atoms with Crippen molar-refractivity contribution in [2.24, 2.45) is 0 Å². The number of carbonyl (C=O) groups excluding carboxylic acids is 1. The molecule has 1 aromatic carbocycles. The normalized spacial score (nSPS) is 10.5. The number of ether oxygens (including phenoxy) is 1. The number of thiocarbonyl (C=S) groups is 1. The van der Waals surface area contributed by atoms with Crippen molar-refractivity contribution in [3.8, 4) is 0 Å². The second-order valence-electron chi connectivity index (χ2n) is 5.69. The molecule has 0 aliphatic heterocycles. The zero-order chi connectivity index (χ0) is 19.4. The molecule has 0 unspecified atom stereocenters. The molecule has 0 fully saturated rings. The number of esters is 1. The van der Waals surface area contributed by atoms with E-state index in [0.717, 1.165) is 16.1 Å². The largest absolute Gasteiger partial charge is 0.465 e. The van der Waals surface area contributed by atoms with Crippen LogP contribution in [0.4, 0.5) is 10.7 Å². The first-order valence-electron chi connectivity index (χ1n) is 7.99. The average molecular weight is 421 g/mol. The van der Waals surface area contributed by atoms with Gasteiger partial charge in [0.1, 0.15) is 5.00 Å². The lowest BCUT2D eigenvalue weighted by molar-refractivity contribution is 0.0602. The number of aryl methyl sites for hydroxylation is 1. The summed E-state index contributed by atoms with van der Waals surface area (Å²) in [6.07, 6.45) is 3.50. The molecule has 0 saturated heterocycles. The van der Waals surface area contributed by atoms with Gasteiger partial charge in [0.05, 0.1) is 31.1 Å². The van der Waals surface area contributed by atoms with Crippen LogP contribution in [0, 0.1) is 6.92 Å². The Morgan fingerprint density at radius 3 is 2.89 bits per heavy atom. The smallest absolute Gasteiger partial charge is 0.340 e. The van der Waals surface area contributed by atoms with Crippen LogP contribution >= 0.6 is 35.2 Å². The van der Waals surface area contributed by atoms with E-state index in [0.29, 0.717) is 27.2 Å². The summed E-state index contributed by atoms with van der Waals surface area (Å²) in [4.78, 5) is 12.8. The first-order valence-corrected chi connectivity index (χ1v) is 9.59. The minimum atomic E-state index is -0.405. The lowest BCUT2D eigenvalue weighted by Crippen LogP contribution is -2.19. The van der Waals surface area contributed by atoms with Gasteiger partial charge in [-0.2, -0.15) is 5.10 Å². The molecule has 0 radical (unpaired) electrons. The van der Waals surface area contributed by atoms with Crippen LogP contribution in [-0.4, -0.2) is 28.0 Å². The first kappa shape index (κ1) is 19.3. The molecule has 0 amide bonds. The third-order valence-electron chi connectivity index (χ3n) is 3.67. The predicted octanol–water partition coefficient (Wildman–Crippen LogP) is 4.55. The van der Waals surface area contributed by atoms with Gasteiger partial charge in [-0.1, -0.05) is 29.8 Å². The Balaban J connectivity index is 1.65. The topological polar surface area (TPSA) is 68.2 Å². The minimum absolute atomic E-state index is 0.360. The Morgan fingerprint density at radius 1 is 1.37 bits per heavy atom. The van der Waals surface area contributed by atoms with Gasteiger partial charge in [0.25, 0.3) is 0 Å². The summed E-state index contributed by atoms with van der Waals surface area (Å²) in [5, 5.41) is 12.1. The monoisotopic (exact) mass is 420 g/mol. The second kappa shape index (κ2) is 8.51. The highest BCUT2D eigenvalue weighted by molar-refractivity contribution is 7.80. The maximum atomic E-state index is 11.8. The summed E-state index contributed by atoms with van der Waals surface area (Å²) in [5.41, 5.74) is 2.16. The van der Waals surface area contributed by atoms with Crippen LogP contribution in [0.5, 0.6) is 0 Å². The summed E-state index contributed by atoms with van der Waals surface area (Å²) in [5.74, 6) is -0.405. The molecule has 0 saturated carbocycles. The fraction of sp³-hybridized carbons (Fsp3) is 0.167. The SMILES string of the molecule is COC(=O)c1cc(C)sc1NC(=S)Nc1cnn(Cc2ccccc2Cl)c1. The van der Waals surface area contributed by atoms with Crippen LogP contribution in [0.2, 0.25) is 5.02 Å². The quantitative estimate of drug-likeness (QED) is 0.466. The summed E-state index contributed by atoms with van der Waals surface area (Å²) in [6.45, 7) is 2.47. The van der Waals surface area contributed by atoms with E-state index in [9.17, 15) is 4.79 Å². The molecule has 0 spiro atoms. The van der Waals surface area contributed by atoms with Gasteiger partial charge < -0.3 is 15.4 Å². The number of carbonyl (C=O) groups is 1. The van der Waals surface area contributed by atoms with Gasteiger partial charge in [-0.3, -0.25) is 4.68 Å². The van der Waals surface area contributed by atoms with Crippen molar-refractivity contribution < 1.29 is 9.53 Å². The van der Waals surface area contributed by atoms with E-state index in [1.165, 1.54) is 18.4 Å². The molecule has 0 bridgehead atoms. The predicted molar refractivity (Wildman–Crippen MR) is 113 cm³/mol. The number of anilines is 2. The van der Waals surface area contributed by atoms with E-state index in [2.05, 4.69) is 15.7 Å². The van der Waals surface area contributed by atoms with Gasteiger partial charge in [0.15, 0.2) is 5.11 Å². The fourth-order valence-electron chi connectivity index (χ4n) is 2.45. The molecule has 9 heteroatoms. The van der Waals surface area contributed by atoms with Crippen LogP contribution < -0.4 is 10.6 Å². The van der Waals surface area contributed by atoms with E-state index < -0.39 is 5.97 Å². The van der Waals surface area contributed by atoms with E-state index in [1.54, 1.807) is 16.9 Å². The maximum absolute atomic E-state index is 11.8. The molecular weight excluding hydrogens is 404 g/mol. The summed E-state index contributed by atoms with van der Waals surface area (Å²) in [6, 6.07) is 9.39. The Labute approximate surface area is 171 Å². The molecule has 140 valence electrons. The number of hydrogen-bond acceptors (Lipinski definition) is 5. The van der Waals surface area contributed by atoms with Crippen molar-refractivity contribution in [1.29, 1.82) is 0 Å². The molecule has 0 aliphatic carbocycles. The molecule has 3 rings (SSSR count). The molecule has 27 heavy (non-hydrogen) atoms. The minimum Gasteiger partial charge on any atom is -0.465 e. The van der Waals surface area contributed by atoms with Gasteiger partial charge in [0.2, 0.25) is 0 Å². The van der Waals surface area contributed by atoms with Crippen LogP contribution in [-0.2, 0) is 11.3 Å². The average Bonchev–Trinajstić information content (AvgIpc) is 3.22. The highest BCUT2D eigenvalue weighted by atomic mass is 35.5. The molecular formula is C18H17ClN4O2S2. The zero-order valence-electron chi connectivity index (χ0n) is 14.7. The summed E-state index contributed by atoms with van der Waals surface area (Å²) in [7, 11) is 1.35. The van der Waals surface area contributed by atoms with Crippen molar-refractivity contribution in [2.45, 2.75) is 13.5 Å². The molecule has 0 atom stereocenters. The molecule has 0 aliphatic rings. The van der Waals surface area contributed by atoms with Crippen molar-refractivity contribution >= 4 is 56.9 Å². The van der Waals surface area contributed by atoms with Crippen LogP contribution in [0.15, 0.2) is 42.7 Å². The standard InChI is InChI=1S/C18H17ClN4O2S2/c1-11-7-14(17(24)25-2)16(27-11)22-18(26)21-13-8-20-23(10-13)9-12-5-3-4-6-15(12)19/h3-8,10H,9H2,1-2H3,(H2,21,22,26). The number of methoxy groups -OCH3 is 1. The van der Waals surface area contributed by atoms with Crippen molar-refractivity contribution in [3.63, 3.8) is 0 Å². The second-order valence-corrected chi connectivity index (χ2v) is 7.76. The van der Waals surface area contributed by atoms with Gasteiger partial charge in [0, 0.05) is 16.1 Å². The number of nitrogens with zero attached hydrogens (tertiary/aromatic N) is 2. The summed E-state index contributed by atoms with van der Waals surface area (Å²) >= 11 is 13.0. The lowest BCUT2D eigenvalue weighted by Gasteiger charge is -2.08. The van der Waals surface area contributed by atoms with Crippen LogP contribution in [0.1, 0.15) is 20.8 Å². The molecule has 2 N–H and O–H groups in total. The Kier molecular flexibility index (Phi) is 6.10. The number of benzene rings is 1. The van der Waals surface area contributed by atoms with E-state index in [-0.39, 0.29) is 0 Å². The summed E-state index contributed by atoms with van der Waals surface area (Å²) < 4.78 is 6.56. The first-order chi connectivity index (χ1) is 13.0. The number of thiophene rings is 1. The van der Waals surface area contributed by atoms with Crippen molar-refractivity contribution in [2.75, 3.05) is 17.7 Å². The van der Waals surface area contributed by atoms with Gasteiger partial charge in [-0.05, 0) is 36.8 Å². The molecule has 6 nitrogen and oxygen atoms in total. The van der Waals surface area contributed by atoms with Crippen molar-refractivity contribution in [1.82, 2.24) is 9.78 Å². The maximum Gasteiger partial charge on any atom is 0.340 e. The highest BCUT2D eigenvalue weighted by Gasteiger charge is 2.16. The van der Waals surface area contributed by atoms with E-state index >= 15 is 0 Å². The van der Waals surface area contributed by atoms with Gasteiger partial charge >= 0.3 is 5.97 Å². The van der Waals surface area contributed by atoms with Gasteiger partial charge in [-0.25, -0.2) is 4.79 Å². The third-order valence-corrected chi connectivity index (χ3v) is 5.21.